The molecule has 25 heavy (non-hydrogen) atoms. The zero-order valence-corrected chi connectivity index (χ0v) is 14.6. The summed E-state index contributed by atoms with van der Waals surface area (Å²) < 4.78 is 0. The van der Waals surface area contributed by atoms with E-state index in [4.69, 9.17) is 15.0 Å². The zero-order chi connectivity index (χ0) is 17.4. The van der Waals surface area contributed by atoms with E-state index in [1.807, 2.05) is 43.3 Å². The van der Waals surface area contributed by atoms with Gasteiger partial charge < -0.3 is 0 Å². The van der Waals surface area contributed by atoms with Gasteiger partial charge in [0.05, 0.1) is 11.2 Å². The van der Waals surface area contributed by atoms with E-state index in [1.54, 1.807) is 0 Å². The van der Waals surface area contributed by atoms with Gasteiger partial charge in [-0.05, 0) is 44.0 Å². The van der Waals surface area contributed by atoms with Gasteiger partial charge in [0, 0.05) is 16.6 Å². The molecule has 0 saturated carbocycles. The number of aryl methyl sites for hydroxylation is 3. The first-order chi connectivity index (χ1) is 12.1. The number of rotatable bonds is 2. The molecule has 0 atom stereocenters. The summed E-state index contributed by atoms with van der Waals surface area (Å²) in [5.41, 5.74) is 7.18. The van der Waals surface area contributed by atoms with Gasteiger partial charge in [0.1, 0.15) is 5.69 Å². The van der Waals surface area contributed by atoms with Crippen molar-refractivity contribution < 1.29 is 0 Å². The van der Waals surface area contributed by atoms with Gasteiger partial charge in [-0.15, -0.1) is 0 Å². The first-order valence-corrected chi connectivity index (χ1v) is 8.41. The van der Waals surface area contributed by atoms with E-state index in [0.717, 1.165) is 39.1 Å². The highest BCUT2D eigenvalue weighted by molar-refractivity contribution is 5.85. The lowest BCUT2D eigenvalue weighted by atomic mass is 10.1. The Balaban J connectivity index is 1.90. The van der Waals surface area contributed by atoms with Gasteiger partial charge >= 0.3 is 0 Å². The molecule has 2 aromatic carbocycles. The third-order valence-electron chi connectivity index (χ3n) is 4.49. The van der Waals surface area contributed by atoms with Gasteiger partial charge in [-0.25, -0.2) is 15.0 Å². The van der Waals surface area contributed by atoms with Crippen LogP contribution in [0.1, 0.15) is 16.8 Å². The lowest BCUT2D eigenvalue weighted by Crippen LogP contribution is -1.99. The fourth-order valence-corrected chi connectivity index (χ4v) is 3.23. The molecule has 3 heteroatoms. The predicted molar refractivity (Wildman–Crippen MR) is 102 cm³/mol. The van der Waals surface area contributed by atoms with Gasteiger partial charge in [-0.1, -0.05) is 48.5 Å². The second kappa shape index (κ2) is 6.10. The molecule has 0 radical (unpaired) electrons. The standard InChI is InChI=1S/C22H19N3/c1-14-8-7-11-18-20(14)16(3)23-22(25-18)19-13-12-15(2)21(24-19)17-9-5-4-6-10-17/h4-13H,1-3H3. The van der Waals surface area contributed by atoms with Crippen molar-refractivity contribution in [3.8, 4) is 22.8 Å². The number of aromatic nitrogens is 3. The van der Waals surface area contributed by atoms with Crippen LogP contribution in [0.2, 0.25) is 0 Å². The van der Waals surface area contributed by atoms with Gasteiger partial charge in [0.25, 0.3) is 0 Å². The fourth-order valence-electron chi connectivity index (χ4n) is 3.23. The van der Waals surface area contributed by atoms with Gasteiger partial charge in [-0.3, -0.25) is 0 Å². The smallest absolute Gasteiger partial charge is 0.178 e. The molecule has 0 amide bonds. The van der Waals surface area contributed by atoms with Crippen molar-refractivity contribution in [3.05, 3.63) is 77.5 Å². The second-order valence-corrected chi connectivity index (χ2v) is 6.33. The van der Waals surface area contributed by atoms with Crippen LogP contribution < -0.4 is 0 Å². The van der Waals surface area contributed by atoms with Crippen LogP contribution in [-0.4, -0.2) is 15.0 Å². The highest BCUT2D eigenvalue weighted by Crippen LogP contribution is 2.26. The number of nitrogens with zero attached hydrogens (tertiary/aromatic N) is 3. The average molecular weight is 325 g/mol. The van der Waals surface area contributed by atoms with Crippen LogP contribution in [0.4, 0.5) is 0 Å². The summed E-state index contributed by atoms with van der Waals surface area (Å²) in [6.07, 6.45) is 0. The molecule has 0 aliphatic carbocycles. The number of benzene rings is 2. The first kappa shape index (κ1) is 15.5. The van der Waals surface area contributed by atoms with E-state index in [2.05, 4.69) is 38.1 Å². The molecule has 4 aromatic rings. The monoisotopic (exact) mass is 325 g/mol. The van der Waals surface area contributed by atoms with Crippen molar-refractivity contribution in [3.63, 3.8) is 0 Å². The average Bonchev–Trinajstić information content (AvgIpc) is 2.62. The van der Waals surface area contributed by atoms with E-state index >= 15 is 0 Å². The topological polar surface area (TPSA) is 38.7 Å². The Labute approximate surface area is 147 Å². The van der Waals surface area contributed by atoms with Gasteiger partial charge in [0.2, 0.25) is 0 Å². The van der Waals surface area contributed by atoms with Crippen LogP contribution in [0.25, 0.3) is 33.7 Å². The van der Waals surface area contributed by atoms with Crippen molar-refractivity contribution in [2.45, 2.75) is 20.8 Å². The van der Waals surface area contributed by atoms with E-state index in [-0.39, 0.29) is 0 Å². The SMILES string of the molecule is Cc1ccc(-c2nc(C)c3c(C)cccc3n2)nc1-c1ccccc1. The Hall–Kier alpha value is -3.07. The van der Waals surface area contributed by atoms with Crippen molar-refractivity contribution in [1.29, 1.82) is 0 Å². The first-order valence-electron chi connectivity index (χ1n) is 8.41. The summed E-state index contributed by atoms with van der Waals surface area (Å²) in [6, 6.07) is 20.5. The molecule has 0 unspecified atom stereocenters. The zero-order valence-electron chi connectivity index (χ0n) is 14.6. The lowest BCUT2D eigenvalue weighted by Gasteiger charge is -2.10. The van der Waals surface area contributed by atoms with E-state index in [0.29, 0.717) is 5.82 Å². The maximum Gasteiger partial charge on any atom is 0.178 e. The number of hydrogen-bond acceptors (Lipinski definition) is 3. The van der Waals surface area contributed by atoms with Crippen molar-refractivity contribution in [1.82, 2.24) is 15.0 Å². The van der Waals surface area contributed by atoms with E-state index < -0.39 is 0 Å². The van der Waals surface area contributed by atoms with E-state index in [9.17, 15) is 0 Å². The Morgan fingerprint density at radius 2 is 1.44 bits per heavy atom. The summed E-state index contributed by atoms with van der Waals surface area (Å²) in [4.78, 5) is 14.3. The lowest BCUT2D eigenvalue weighted by molar-refractivity contribution is 1.12. The Bertz CT molecular complexity index is 1070. The maximum absolute atomic E-state index is 4.86. The Morgan fingerprint density at radius 1 is 0.640 bits per heavy atom. The Kier molecular flexibility index (Phi) is 3.77. The molecule has 0 spiro atoms. The summed E-state index contributed by atoms with van der Waals surface area (Å²) in [6.45, 7) is 6.21. The fraction of sp³-hybridized carbons (Fsp3) is 0.136. The second-order valence-electron chi connectivity index (χ2n) is 6.33. The molecule has 122 valence electrons. The van der Waals surface area contributed by atoms with Crippen LogP contribution in [0, 0.1) is 20.8 Å². The number of pyridine rings is 1. The van der Waals surface area contributed by atoms with Crippen LogP contribution in [0.15, 0.2) is 60.7 Å². The molecule has 3 nitrogen and oxygen atoms in total. The Morgan fingerprint density at radius 3 is 2.24 bits per heavy atom. The molecule has 0 aliphatic heterocycles. The van der Waals surface area contributed by atoms with Gasteiger partial charge in [0.15, 0.2) is 5.82 Å². The van der Waals surface area contributed by atoms with Crippen molar-refractivity contribution in [2.75, 3.05) is 0 Å². The van der Waals surface area contributed by atoms with Gasteiger partial charge in [-0.2, -0.15) is 0 Å². The molecule has 2 heterocycles. The summed E-state index contributed by atoms with van der Waals surface area (Å²) >= 11 is 0. The molecule has 2 aromatic heterocycles. The molecule has 0 fully saturated rings. The van der Waals surface area contributed by atoms with Crippen LogP contribution >= 0.6 is 0 Å². The summed E-state index contributed by atoms with van der Waals surface area (Å²) in [5, 5.41) is 1.13. The molecule has 0 bridgehead atoms. The highest BCUT2D eigenvalue weighted by atomic mass is 14.9. The largest absolute Gasteiger partial charge is 0.244 e. The maximum atomic E-state index is 4.86. The minimum absolute atomic E-state index is 0.674. The minimum atomic E-state index is 0.674. The number of hydrogen-bond donors (Lipinski definition) is 0. The molecule has 0 saturated heterocycles. The number of fused-ring (bicyclic) bond motifs is 1. The third-order valence-corrected chi connectivity index (χ3v) is 4.49. The molecule has 0 aliphatic rings. The van der Waals surface area contributed by atoms with Crippen molar-refractivity contribution >= 4 is 10.9 Å². The molecular formula is C22H19N3. The predicted octanol–water partition coefficient (Wildman–Crippen LogP) is 5.28. The minimum Gasteiger partial charge on any atom is -0.244 e. The molecular weight excluding hydrogens is 306 g/mol. The molecule has 4 rings (SSSR count). The van der Waals surface area contributed by atoms with Crippen LogP contribution in [0.3, 0.4) is 0 Å². The quantitative estimate of drug-likeness (QED) is 0.503. The van der Waals surface area contributed by atoms with Crippen molar-refractivity contribution in [2.24, 2.45) is 0 Å². The molecule has 0 N–H and O–H groups in total. The highest BCUT2D eigenvalue weighted by Gasteiger charge is 2.12. The third kappa shape index (κ3) is 2.78. The normalized spacial score (nSPS) is 11.0. The van der Waals surface area contributed by atoms with Crippen LogP contribution in [-0.2, 0) is 0 Å². The summed E-state index contributed by atoms with van der Waals surface area (Å²) in [7, 11) is 0. The van der Waals surface area contributed by atoms with E-state index in [1.165, 1.54) is 5.56 Å². The van der Waals surface area contributed by atoms with Crippen LogP contribution in [0.5, 0.6) is 0 Å². The summed E-state index contributed by atoms with van der Waals surface area (Å²) in [5.74, 6) is 0.674.